The first-order valence-electron chi connectivity index (χ1n) is 7.96. The molecule has 1 aliphatic heterocycles. The molecule has 1 aromatic rings. The molecule has 1 aliphatic carbocycles. The molecule has 3 atom stereocenters. The molecule has 0 unspecified atom stereocenters. The van der Waals surface area contributed by atoms with Crippen molar-refractivity contribution >= 4 is 16.7 Å². The van der Waals surface area contributed by atoms with Crippen LogP contribution in [-0.2, 0) is 21.0 Å². The minimum absolute atomic E-state index is 0.00406. The van der Waals surface area contributed by atoms with Crippen LogP contribution >= 0.6 is 0 Å². The van der Waals surface area contributed by atoms with Gasteiger partial charge in [-0.05, 0) is 37.5 Å². The fraction of sp³-hybridized carbons (Fsp3) is 0.588. The van der Waals surface area contributed by atoms with Gasteiger partial charge < -0.3 is 14.8 Å². The lowest BCUT2D eigenvalue weighted by Crippen LogP contribution is -2.32. The third-order valence-electron chi connectivity index (χ3n) is 4.83. The van der Waals surface area contributed by atoms with Crippen molar-refractivity contribution in [2.45, 2.75) is 24.7 Å². The molecule has 1 heterocycles. The molecule has 0 bridgehead atoms. The van der Waals surface area contributed by atoms with Crippen molar-refractivity contribution < 1.29 is 18.5 Å². The minimum Gasteiger partial charge on any atom is -0.497 e. The third-order valence-corrected chi connectivity index (χ3v) is 5.69. The maximum Gasteiger partial charge on any atom is 0.224 e. The van der Waals surface area contributed by atoms with E-state index in [0.717, 1.165) is 36.3 Å². The molecule has 1 N–H and O–H groups in total. The number of hydrogen-bond donors (Lipinski definition) is 1. The number of amides is 1. The number of carbonyl (C=O) groups is 1. The summed E-state index contributed by atoms with van der Waals surface area (Å²) in [5.74, 6) is 2.40. The Balaban J connectivity index is 1.67. The molecular weight excluding hydrogens is 314 g/mol. The van der Waals surface area contributed by atoms with Crippen LogP contribution in [0.1, 0.15) is 24.8 Å². The van der Waals surface area contributed by atoms with Crippen molar-refractivity contribution in [1.29, 1.82) is 0 Å². The fourth-order valence-corrected chi connectivity index (χ4v) is 4.01. The normalized spacial score (nSPS) is 26.1. The van der Waals surface area contributed by atoms with E-state index in [9.17, 15) is 9.00 Å². The van der Waals surface area contributed by atoms with E-state index in [1.54, 1.807) is 13.4 Å². The van der Waals surface area contributed by atoms with Gasteiger partial charge in [-0.15, -0.1) is 0 Å². The highest BCUT2D eigenvalue weighted by Gasteiger charge is 2.61. The first-order valence-corrected chi connectivity index (χ1v) is 9.68. The first-order chi connectivity index (χ1) is 11.1. The van der Waals surface area contributed by atoms with E-state index < -0.39 is 10.8 Å². The van der Waals surface area contributed by atoms with E-state index in [1.807, 2.05) is 18.2 Å². The Morgan fingerprint density at radius 1 is 1.52 bits per heavy atom. The third kappa shape index (κ3) is 3.22. The molecule has 23 heavy (non-hydrogen) atoms. The van der Waals surface area contributed by atoms with E-state index in [-0.39, 0.29) is 17.2 Å². The van der Waals surface area contributed by atoms with Gasteiger partial charge in [-0.2, -0.15) is 0 Å². The van der Waals surface area contributed by atoms with Gasteiger partial charge in [0, 0.05) is 46.2 Å². The predicted molar refractivity (Wildman–Crippen MR) is 89.5 cm³/mol. The number of benzene rings is 1. The molecule has 0 aromatic heterocycles. The number of hydrogen-bond acceptors (Lipinski definition) is 4. The van der Waals surface area contributed by atoms with Crippen LogP contribution in [0.3, 0.4) is 0 Å². The summed E-state index contributed by atoms with van der Waals surface area (Å²) < 4.78 is 22.1. The highest BCUT2D eigenvalue weighted by atomic mass is 32.2. The fourth-order valence-electron chi connectivity index (χ4n) is 3.46. The van der Waals surface area contributed by atoms with Gasteiger partial charge in [0.25, 0.3) is 0 Å². The van der Waals surface area contributed by atoms with Crippen LogP contribution in [0.15, 0.2) is 18.2 Å². The summed E-state index contributed by atoms with van der Waals surface area (Å²) in [7, 11) is 0.844. The van der Waals surface area contributed by atoms with Crippen molar-refractivity contribution in [1.82, 2.24) is 5.32 Å². The van der Waals surface area contributed by atoms with Crippen LogP contribution in [0.4, 0.5) is 0 Å². The standard InChI is InChI=1S/C17H23NO4S/c1-21-12-4-5-15-13(10-12)17(6-8-22-15)11-14(17)16(19)18-7-3-9-23(2)20/h4-5,10,14H,3,6-9,11H2,1-2H3,(H,18,19)/t14-,17-,23+/m1/s1. The second kappa shape index (κ2) is 6.51. The van der Waals surface area contributed by atoms with Gasteiger partial charge in [-0.25, -0.2) is 0 Å². The van der Waals surface area contributed by atoms with Crippen molar-refractivity contribution in [3.8, 4) is 11.5 Å². The summed E-state index contributed by atoms with van der Waals surface area (Å²) in [5, 5.41) is 2.99. The molecule has 5 nitrogen and oxygen atoms in total. The summed E-state index contributed by atoms with van der Waals surface area (Å²) in [6.45, 7) is 1.24. The Hall–Kier alpha value is -1.56. The van der Waals surface area contributed by atoms with Crippen molar-refractivity contribution in [2.24, 2.45) is 5.92 Å². The maximum absolute atomic E-state index is 12.4. The molecule has 2 aliphatic rings. The zero-order valence-corrected chi connectivity index (χ0v) is 14.4. The number of rotatable bonds is 6. The zero-order chi connectivity index (χ0) is 16.4. The molecule has 1 spiro atoms. The lowest BCUT2D eigenvalue weighted by molar-refractivity contribution is -0.122. The van der Waals surface area contributed by atoms with Gasteiger partial charge in [-0.3, -0.25) is 9.00 Å². The van der Waals surface area contributed by atoms with Crippen LogP contribution in [0, 0.1) is 5.92 Å². The van der Waals surface area contributed by atoms with Crippen molar-refractivity contribution in [2.75, 3.05) is 32.3 Å². The molecule has 3 rings (SSSR count). The highest BCUT2D eigenvalue weighted by Crippen LogP contribution is 2.61. The molecule has 1 saturated carbocycles. The molecule has 1 amide bonds. The number of fused-ring (bicyclic) bond motifs is 2. The molecule has 6 heteroatoms. The number of ether oxygens (including phenoxy) is 2. The summed E-state index contributed by atoms with van der Waals surface area (Å²) in [6.07, 6.45) is 4.17. The Morgan fingerprint density at radius 3 is 3.09 bits per heavy atom. The Kier molecular flexibility index (Phi) is 4.62. The second-order valence-electron chi connectivity index (χ2n) is 6.30. The van der Waals surface area contributed by atoms with Crippen LogP contribution in [-0.4, -0.2) is 42.4 Å². The Morgan fingerprint density at radius 2 is 2.35 bits per heavy atom. The summed E-state index contributed by atoms with van der Waals surface area (Å²) in [4.78, 5) is 12.4. The molecular formula is C17H23NO4S. The van der Waals surface area contributed by atoms with Crippen LogP contribution in [0.2, 0.25) is 0 Å². The maximum atomic E-state index is 12.4. The quantitative estimate of drug-likeness (QED) is 0.801. The first kappa shape index (κ1) is 16.3. The SMILES string of the molecule is COc1ccc2c(c1)[C@@]1(CCO2)C[C@@H]1C(=O)NCCC[S@](C)=O. The molecule has 0 saturated heterocycles. The van der Waals surface area contributed by atoms with E-state index >= 15 is 0 Å². The smallest absolute Gasteiger partial charge is 0.224 e. The average Bonchev–Trinajstić information content (AvgIpc) is 3.26. The van der Waals surface area contributed by atoms with E-state index in [1.165, 1.54) is 0 Å². The van der Waals surface area contributed by atoms with Gasteiger partial charge >= 0.3 is 0 Å². The molecule has 126 valence electrons. The van der Waals surface area contributed by atoms with E-state index in [0.29, 0.717) is 18.9 Å². The van der Waals surface area contributed by atoms with E-state index in [2.05, 4.69) is 5.32 Å². The van der Waals surface area contributed by atoms with Crippen LogP contribution in [0.25, 0.3) is 0 Å². The summed E-state index contributed by atoms with van der Waals surface area (Å²) in [6, 6.07) is 5.82. The predicted octanol–water partition coefficient (Wildman–Crippen LogP) is 1.62. The zero-order valence-electron chi connectivity index (χ0n) is 13.6. The molecule has 1 fully saturated rings. The van der Waals surface area contributed by atoms with Crippen molar-refractivity contribution in [3.05, 3.63) is 23.8 Å². The Bertz CT molecular complexity index is 633. The molecule has 0 radical (unpaired) electrons. The lowest BCUT2D eigenvalue weighted by atomic mass is 9.87. The number of carbonyl (C=O) groups excluding carboxylic acids is 1. The number of nitrogens with one attached hydrogen (secondary N) is 1. The monoisotopic (exact) mass is 337 g/mol. The van der Waals surface area contributed by atoms with Gasteiger partial charge in [0.1, 0.15) is 11.5 Å². The highest BCUT2D eigenvalue weighted by molar-refractivity contribution is 7.84. The van der Waals surface area contributed by atoms with Gasteiger partial charge in [0.05, 0.1) is 13.7 Å². The largest absolute Gasteiger partial charge is 0.497 e. The van der Waals surface area contributed by atoms with Gasteiger partial charge in [-0.1, -0.05) is 0 Å². The van der Waals surface area contributed by atoms with Gasteiger partial charge in [0.2, 0.25) is 5.91 Å². The topological polar surface area (TPSA) is 64.6 Å². The summed E-state index contributed by atoms with van der Waals surface area (Å²) in [5.41, 5.74) is 0.998. The number of methoxy groups -OCH3 is 1. The van der Waals surface area contributed by atoms with Crippen molar-refractivity contribution in [3.63, 3.8) is 0 Å². The molecule has 1 aromatic carbocycles. The summed E-state index contributed by atoms with van der Waals surface area (Å²) >= 11 is 0. The van der Waals surface area contributed by atoms with Crippen LogP contribution < -0.4 is 14.8 Å². The second-order valence-corrected chi connectivity index (χ2v) is 7.85. The average molecular weight is 337 g/mol. The lowest BCUT2D eigenvalue weighted by Gasteiger charge is -2.27. The Labute approximate surface area is 139 Å². The van der Waals surface area contributed by atoms with Gasteiger partial charge in [0.15, 0.2) is 0 Å². The van der Waals surface area contributed by atoms with Crippen LogP contribution in [0.5, 0.6) is 11.5 Å². The minimum atomic E-state index is -0.801. The van der Waals surface area contributed by atoms with E-state index in [4.69, 9.17) is 9.47 Å².